The van der Waals surface area contributed by atoms with Gasteiger partial charge in [0.05, 0.1) is 6.61 Å². The Morgan fingerprint density at radius 2 is 2.31 bits per heavy atom. The van der Waals surface area contributed by atoms with E-state index in [1.54, 1.807) is 6.07 Å². The predicted molar refractivity (Wildman–Crippen MR) is 65.2 cm³/mol. The molecule has 0 radical (unpaired) electrons. The molecule has 0 aromatic carbocycles. The molecule has 0 saturated heterocycles. The van der Waals surface area contributed by atoms with E-state index >= 15 is 0 Å². The molecule has 0 spiro atoms. The quantitative estimate of drug-likeness (QED) is 0.557. The first-order valence-electron chi connectivity index (χ1n) is 5.20. The number of hydrogen-bond acceptors (Lipinski definition) is 6. The fraction of sp³-hybridized carbons (Fsp3) is 0.600. The molecular formula is C10H17N3O2S. The molecule has 90 valence electrons. The lowest BCUT2D eigenvalue weighted by Gasteiger charge is -2.08. The Bertz CT molecular complexity index is 297. The Hall–Kier alpha value is -1.01. The zero-order chi connectivity index (χ0) is 11.8. The average Bonchev–Trinajstić information content (AvgIpc) is 2.33. The van der Waals surface area contributed by atoms with Gasteiger partial charge < -0.3 is 15.2 Å². The molecule has 1 aromatic heterocycles. The molecule has 1 aromatic rings. The number of thioether (sulfide) groups is 1. The van der Waals surface area contributed by atoms with Crippen molar-refractivity contribution in [3.8, 4) is 5.88 Å². The van der Waals surface area contributed by atoms with Crippen molar-refractivity contribution in [2.45, 2.75) is 18.5 Å². The highest BCUT2D eigenvalue weighted by molar-refractivity contribution is 7.98. The highest BCUT2D eigenvalue weighted by Gasteiger charge is 2.04. The number of nitrogens with one attached hydrogen (secondary N) is 1. The van der Waals surface area contributed by atoms with E-state index in [-0.39, 0.29) is 13.2 Å². The van der Waals surface area contributed by atoms with Gasteiger partial charge in [0.2, 0.25) is 5.88 Å². The smallest absolute Gasteiger partial charge is 0.219 e. The summed E-state index contributed by atoms with van der Waals surface area (Å²) in [6, 6.07) is 1.74. The summed E-state index contributed by atoms with van der Waals surface area (Å²) in [6.45, 7) is 3.19. The molecule has 0 atom stereocenters. The standard InChI is InChI=1S/C10H17N3O2S/c1-3-4-11-8-7-9(15-6-5-14)13-10(12-8)16-2/h7,14H,3-6H2,1-2H3,(H,11,12,13). The number of aromatic nitrogens is 2. The van der Waals surface area contributed by atoms with Crippen LogP contribution in [0.15, 0.2) is 11.2 Å². The Morgan fingerprint density at radius 1 is 1.50 bits per heavy atom. The minimum Gasteiger partial charge on any atom is -0.475 e. The van der Waals surface area contributed by atoms with E-state index in [9.17, 15) is 0 Å². The normalized spacial score (nSPS) is 10.2. The summed E-state index contributed by atoms with van der Waals surface area (Å²) in [7, 11) is 0. The van der Waals surface area contributed by atoms with E-state index in [1.165, 1.54) is 11.8 Å². The Labute approximate surface area is 99.6 Å². The Kier molecular flexibility index (Phi) is 5.95. The molecule has 0 amide bonds. The fourth-order valence-electron chi connectivity index (χ4n) is 1.06. The maximum absolute atomic E-state index is 8.68. The highest BCUT2D eigenvalue weighted by atomic mass is 32.2. The maximum Gasteiger partial charge on any atom is 0.219 e. The van der Waals surface area contributed by atoms with E-state index in [0.717, 1.165) is 18.8 Å². The fourth-order valence-corrected chi connectivity index (χ4v) is 1.43. The Balaban J connectivity index is 2.74. The molecule has 0 aliphatic heterocycles. The van der Waals surface area contributed by atoms with Crippen molar-refractivity contribution in [1.29, 1.82) is 0 Å². The summed E-state index contributed by atoms with van der Waals surface area (Å²) in [5, 5.41) is 12.5. The lowest BCUT2D eigenvalue weighted by atomic mass is 10.4. The zero-order valence-electron chi connectivity index (χ0n) is 9.56. The van der Waals surface area contributed by atoms with Crippen molar-refractivity contribution >= 4 is 17.6 Å². The van der Waals surface area contributed by atoms with Crippen LogP contribution in [0, 0.1) is 0 Å². The lowest BCUT2D eigenvalue weighted by molar-refractivity contribution is 0.195. The lowest BCUT2D eigenvalue weighted by Crippen LogP contribution is -2.07. The second-order valence-electron chi connectivity index (χ2n) is 3.08. The molecule has 2 N–H and O–H groups in total. The van der Waals surface area contributed by atoms with Crippen LogP contribution >= 0.6 is 11.8 Å². The monoisotopic (exact) mass is 243 g/mol. The van der Waals surface area contributed by atoms with Crippen LogP contribution in [0.2, 0.25) is 0 Å². The zero-order valence-corrected chi connectivity index (χ0v) is 10.4. The van der Waals surface area contributed by atoms with Crippen molar-refractivity contribution in [1.82, 2.24) is 9.97 Å². The van der Waals surface area contributed by atoms with Gasteiger partial charge in [-0.25, -0.2) is 4.98 Å². The van der Waals surface area contributed by atoms with Crippen LogP contribution in [0.5, 0.6) is 5.88 Å². The molecule has 0 saturated carbocycles. The summed E-state index contributed by atoms with van der Waals surface area (Å²) >= 11 is 1.46. The molecule has 0 aliphatic rings. The molecule has 1 heterocycles. The molecule has 0 aliphatic carbocycles. The number of aliphatic hydroxyl groups is 1. The summed E-state index contributed by atoms with van der Waals surface area (Å²) in [5.74, 6) is 1.25. The van der Waals surface area contributed by atoms with Crippen molar-refractivity contribution < 1.29 is 9.84 Å². The largest absolute Gasteiger partial charge is 0.475 e. The van der Waals surface area contributed by atoms with Gasteiger partial charge in [-0.15, -0.1) is 0 Å². The van der Waals surface area contributed by atoms with E-state index in [4.69, 9.17) is 9.84 Å². The summed E-state index contributed by atoms with van der Waals surface area (Å²) in [6.07, 6.45) is 2.94. The van der Waals surface area contributed by atoms with Gasteiger partial charge >= 0.3 is 0 Å². The minimum absolute atomic E-state index is 0.0175. The van der Waals surface area contributed by atoms with Crippen molar-refractivity contribution in [3.05, 3.63) is 6.07 Å². The van der Waals surface area contributed by atoms with Crippen molar-refractivity contribution in [2.75, 3.05) is 31.3 Å². The van der Waals surface area contributed by atoms with Crippen LogP contribution in [0.4, 0.5) is 5.82 Å². The maximum atomic E-state index is 8.68. The van der Waals surface area contributed by atoms with Crippen LogP contribution in [0.25, 0.3) is 0 Å². The summed E-state index contributed by atoms with van der Waals surface area (Å²) in [4.78, 5) is 8.47. The van der Waals surface area contributed by atoms with Crippen molar-refractivity contribution in [3.63, 3.8) is 0 Å². The molecule has 0 unspecified atom stereocenters. The van der Waals surface area contributed by atoms with Gasteiger partial charge in [0.15, 0.2) is 5.16 Å². The van der Waals surface area contributed by atoms with E-state index in [1.807, 2.05) is 6.26 Å². The summed E-state index contributed by atoms with van der Waals surface area (Å²) in [5.41, 5.74) is 0. The number of aliphatic hydroxyl groups excluding tert-OH is 1. The van der Waals surface area contributed by atoms with Gasteiger partial charge in [-0.2, -0.15) is 4.98 Å². The van der Waals surface area contributed by atoms with Crippen molar-refractivity contribution in [2.24, 2.45) is 0 Å². The summed E-state index contributed by atoms with van der Waals surface area (Å²) < 4.78 is 5.26. The molecular weight excluding hydrogens is 226 g/mol. The number of nitrogens with zero attached hydrogens (tertiary/aromatic N) is 2. The second-order valence-corrected chi connectivity index (χ2v) is 3.85. The first kappa shape index (κ1) is 13.1. The third-order valence-electron chi connectivity index (χ3n) is 1.76. The minimum atomic E-state index is -0.0175. The van der Waals surface area contributed by atoms with Crippen LogP contribution in [-0.2, 0) is 0 Å². The molecule has 0 bridgehead atoms. The number of hydrogen-bond donors (Lipinski definition) is 2. The third-order valence-corrected chi connectivity index (χ3v) is 2.31. The van der Waals surface area contributed by atoms with Gasteiger partial charge in [0.1, 0.15) is 12.4 Å². The molecule has 0 fully saturated rings. The van der Waals surface area contributed by atoms with Gasteiger partial charge in [-0.3, -0.25) is 0 Å². The first-order valence-corrected chi connectivity index (χ1v) is 6.43. The predicted octanol–water partition coefficient (Wildman–Crippen LogP) is 1.39. The van der Waals surface area contributed by atoms with E-state index in [2.05, 4.69) is 22.2 Å². The average molecular weight is 243 g/mol. The molecule has 5 nitrogen and oxygen atoms in total. The Morgan fingerprint density at radius 3 is 2.94 bits per heavy atom. The molecule has 6 heteroatoms. The van der Waals surface area contributed by atoms with Gasteiger partial charge in [-0.1, -0.05) is 18.7 Å². The van der Waals surface area contributed by atoms with Gasteiger partial charge in [0.25, 0.3) is 0 Å². The number of rotatable bonds is 7. The molecule has 16 heavy (non-hydrogen) atoms. The third kappa shape index (κ3) is 4.24. The number of anilines is 1. The van der Waals surface area contributed by atoms with Crippen LogP contribution in [0.3, 0.4) is 0 Å². The number of ether oxygens (including phenoxy) is 1. The second kappa shape index (κ2) is 7.29. The van der Waals surface area contributed by atoms with Crippen LogP contribution in [0.1, 0.15) is 13.3 Å². The van der Waals surface area contributed by atoms with Gasteiger partial charge in [-0.05, 0) is 12.7 Å². The highest BCUT2D eigenvalue weighted by Crippen LogP contribution is 2.18. The molecule has 1 rings (SSSR count). The van der Waals surface area contributed by atoms with Gasteiger partial charge in [0, 0.05) is 12.6 Å². The van der Waals surface area contributed by atoms with Crippen LogP contribution < -0.4 is 10.1 Å². The topological polar surface area (TPSA) is 67.3 Å². The van der Waals surface area contributed by atoms with E-state index in [0.29, 0.717) is 11.0 Å². The van der Waals surface area contributed by atoms with Crippen LogP contribution in [-0.4, -0.2) is 41.1 Å². The van der Waals surface area contributed by atoms with E-state index < -0.39 is 0 Å². The first-order chi connectivity index (χ1) is 7.80. The SMILES string of the molecule is CCCNc1cc(OCCO)nc(SC)n1.